The van der Waals surface area contributed by atoms with Gasteiger partial charge in [0.25, 0.3) is 0 Å². The van der Waals surface area contributed by atoms with Gasteiger partial charge < -0.3 is 18.9 Å². The van der Waals surface area contributed by atoms with Crippen molar-refractivity contribution in [3.8, 4) is 28.8 Å². The standard InChI is InChI=1S/C22H20ClFN4O5/c1-11-25-20-19(21(26-11)32-4)27-22(29)28(20)15-9-18(17(31-3)8-13(15)23)33-10-12-14(24)6-5-7-16(12)30-2/h5-9H,10H2,1-4H3,(H,27,29). The Morgan fingerprint density at radius 1 is 1.06 bits per heavy atom. The number of nitrogens with zero attached hydrogens (tertiary/aromatic N) is 3. The summed E-state index contributed by atoms with van der Waals surface area (Å²) >= 11 is 6.48. The Morgan fingerprint density at radius 3 is 2.52 bits per heavy atom. The molecule has 0 spiro atoms. The van der Waals surface area contributed by atoms with Gasteiger partial charge in [0.05, 0.1) is 37.6 Å². The van der Waals surface area contributed by atoms with Gasteiger partial charge in [-0.3, -0.25) is 4.98 Å². The van der Waals surface area contributed by atoms with Crippen molar-refractivity contribution >= 4 is 22.8 Å². The summed E-state index contributed by atoms with van der Waals surface area (Å²) < 4.78 is 37.3. The second kappa shape index (κ2) is 8.99. The number of aromatic amines is 1. The summed E-state index contributed by atoms with van der Waals surface area (Å²) in [4.78, 5) is 24.1. The van der Waals surface area contributed by atoms with E-state index in [4.69, 9.17) is 30.5 Å². The Bertz CT molecular complexity index is 1400. The molecule has 33 heavy (non-hydrogen) atoms. The minimum Gasteiger partial charge on any atom is -0.496 e. The van der Waals surface area contributed by atoms with Crippen molar-refractivity contribution in [2.75, 3.05) is 21.3 Å². The summed E-state index contributed by atoms with van der Waals surface area (Å²) in [5.74, 6) is 1.03. The van der Waals surface area contributed by atoms with Crippen molar-refractivity contribution < 1.29 is 23.3 Å². The lowest BCUT2D eigenvalue weighted by Gasteiger charge is -2.16. The number of aryl methyl sites for hydroxylation is 1. The molecule has 1 N–H and O–H groups in total. The maximum atomic E-state index is 14.3. The van der Waals surface area contributed by atoms with E-state index in [2.05, 4.69) is 15.0 Å². The zero-order valence-electron chi connectivity index (χ0n) is 18.2. The van der Waals surface area contributed by atoms with Gasteiger partial charge in [-0.2, -0.15) is 4.98 Å². The molecule has 11 heteroatoms. The van der Waals surface area contributed by atoms with E-state index >= 15 is 0 Å². The summed E-state index contributed by atoms with van der Waals surface area (Å²) in [5.41, 5.74) is 0.606. The van der Waals surface area contributed by atoms with Gasteiger partial charge >= 0.3 is 5.69 Å². The fraction of sp³-hybridized carbons (Fsp3) is 0.227. The molecule has 2 aromatic heterocycles. The lowest BCUT2D eigenvalue weighted by molar-refractivity contribution is 0.272. The molecule has 0 aliphatic rings. The monoisotopic (exact) mass is 474 g/mol. The van der Waals surface area contributed by atoms with Crippen molar-refractivity contribution in [3.05, 3.63) is 63.0 Å². The van der Waals surface area contributed by atoms with E-state index in [9.17, 15) is 9.18 Å². The SMILES string of the molecule is COc1cc(Cl)c(-n2c(=O)[nH]c3c(OC)nc(C)nc32)cc1OCc1c(F)cccc1OC. The molecule has 172 valence electrons. The van der Waals surface area contributed by atoms with Crippen LogP contribution in [0.2, 0.25) is 5.02 Å². The Hall–Kier alpha value is -3.79. The largest absolute Gasteiger partial charge is 0.496 e. The number of H-pyrrole nitrogens is 1. The van der Waals surface area contributed by atoms with Gasteiger partial charge in [0.1, 0.15) is 29.5 Å². The third-order valence-electron chi connectivity index (χ3n) is 4.95. The molecule has 0 radical (unpaired) electrons. The molecule has 0 unspecified atom stereocenters. The number of fused-ring (bicyclic) bond motifs is 1. The van der Waals surface area contributed by atoms with E-state index in [-0.39, 0.29) is 40.2 Å². The molecule has 9 nitrogen and oxygen atoms in total. The van der Waals surface area contributed by atoms with E-state index in [1.807, 2.05) is 0 Å². The minimum absolute atomic E-state index is 0.148. The van der Waals surface area contributed by atoms with Crippen molar-refractivity contribution in [3.63, 3.8) is 0 Å². The van der Waals surface area contributed by atoms with Gasteiger partial charge in [-0.05, 0) is 19.1 Å². The summed E-state index contributed by atoms with van der Waals surface area (Å²) in [6, 6.07) is 7.51. The highest BCUT2D eigenvalue weighted by atomic mass is 35.5. The van der Waals surface area contributed by atoms with Gasteiger partial charge in [0, 0.05) is 12.1 Å². The number of hydrogen-bond donors (Lipinski definition) is 1. The predicted molar refractivity (Wildman–Crippen MR) is 120 cm³/mol. The van der Waals surface area contributed by atoms with Crippen molar-refractivity contribution in [2.24, 2.45) is 0 Å². The van der Waals surface area contributed by atoms with Crippen LogP contribution in [0, 0.1) is 12.7 Å². The molecule has 2 aromatic carbocycles. The highest BCUT2D eigenvalue weighted by Gasteiger charge is 2.21. The first-order chi connectivity index (χ1) is 15.9. The van der Waals surface area contributed by atoms with E-state index in [1.54, 1.807) is 19.1 Å². The van der Waals surface area contributed by atoms with Gasteiger partial charge in [-0.15, -0.1) is 0 Å². The first-order valence-corrected chi connectivity index (χ1v) is 10.1. The normalized spacial score (nSPS) is 11.0. The molecule has 0 saturated heterocycles. The minimum atomic E-state index is -0.503. The second-order valence-electron chi connectivity index (χ2n) is 6.91. The van der Waals surface area contributed by atoms with Gasteiger partial charge in [-0.25, -0.2) is 18.7 Å². The van der Waals surface area contributed by atoms with Crippen LogP contribution in [0.3, 0.4) is 0 Å². The Kier molecular flexibility index (Phi) is 6.10. The number of ether oxygens (including phenoxy) is 4. The number of hydrogen-bond acceptors (Lipinski definition) is 7. The van der Waals surface area contributed by atoms with Crippen molar-refractivity contribution in [2.45, 2.75) is 13.5 Å². The van der Waals surface area contributed by atoms with E-state index < -0.39 is 11.5 Å². The Labute approximate surface area is 192 Å². The van der Waals surface area contributed by atoms with E-state index in [1.165, 1.54) is 44.1 Å². The number of halogens is 2. The first-order valence-electron chi connectivity index (χ1n) is 9.73. The summed E-state index contributed by atoms with van der Waals surface area (Å²) in [5, 5.41) is 0.209. The predicted octanol–water partition coefficient (Wildman–Crippen LogP) is 3.81. The third kappa shape index (κ3) is 4.05. The number of methoxy groups -OCH3 is 3. The highest BCUT2D eigenvalue weighted by Crippen LogP contribution is 2.37. The fourth-order valence-electron chi connectivity index (χ4n) is 3.42. The maximum Gasteiger partial charge on any atom is 0.332 e. The lowest BCUT2D eigenvalue weighted by atomic mass is 10.2. The lowest BCUT2D eigenvalue weighted by Crippen LogP contribution is -2.16. The first kappa shape index (κ1) is 22.4. The molecule has 4 aromatic rings. The van der Waals surface area contributed by atoms with E-state index in [0.29, 0.717) is 22.8 Å². The van der Waals surface area contributed by atoms with Gasteiger partial charge in [-0.1, -0.05) is 17.7 Å². The topological polar surface area (TPSA) is 100 Å². The van der Waals surface area contributed by atoms with Crippen LogP contribution in [-0.2, 0) is 6.61 Å². The molecule has 0 amide bonds. The average Bonchev–Trinajstić information content (AvgIpc) is 3.13. The molecule has 2 heterocycles. The third-order valence-corrected chi connectivity index (χ3v) is 5.25. The van der Waals surface area contributed by atoms with Crippen LogP contribution < -0.4 is 24.6 Å². The van der Waals surface area contributed by atoms with Crippen molar-refractivity contribution in [1.82, 2.24) is 19.5 Å². The zero-order chi connectivity index (χ0) is 23.7. The quantitative estimate of drug-likeness (QED) is 0.434. The van der Waals surface area contributed by atoms with Crippen LogP contribution in [-0.4, -0.2) is 40.8 Å². The molecule has 0 bridgehead atoms. The summed E-state index contributed by atoms with van der Waals surface area (Å²) in [6.45, 7) is 1.53. The number of benzene rings is 2. The Morgan fingerprint density at radius 2 is 1.82 bits per heavy atom. The Balaban J connectivity index is 1.83. The smallest absolute Gasteiger partial charge is 0.332 e. The molecule has 0 fully saturated rings. The fourth-order valence-corrected chi connectivity index (χ4v) is 3.66. The van der Waals surface area contributed by atoms with Crippen LogP contribution in [0.4, 0.5) is 4.39 Å². The summed E-state index contributed by atoms with van der Waals surface area (Å²) in [7, 11) is 4.34. The van der Waals surface area contributed by atoms with E-state index in [0.717, 1.165) is 0 Å². The van der Waals surface area contributed by atoms with Gasteiger partial charge in [0.2, 0.25) is 5.88 Å². The van der Waals surface area contributed by atoms with Crippen LogP contribution in [0.15, 0.2) is 35.1 Å². The molecule has 0 atom stereocenters. The number of aromatic nitrogens is 4. The van der Waals surface area contributed by atoms with Crippen LogP contribution in [0.25, 0.3) is 16.9 Å². The zero-order valence-corrected chi connectivity index (χ0v) is 19.0. The average molecular weight is 475 g/mol. The van der Waals surface area contributed by atoms with Gasteiger partial charge in [0.15, 0.2) is 17.1 Å². The number of imidazole rings is 1. The second-order valence-corrected chi connectivity index (χ2v) is 7.32. The van der Waals surface area contributed by atoms with Crippen LogP contribution in [0.5, 0.6) is 23.1 Å². The van der Waals surface area contributed by atoms with Crippen molar-refractivity contribution in [1.29, 1.82) is 0 Å². The molecule has 0 aliphatic heterocycles. The van der Waals surface area contributed by atoms with Crippen LogP contribution in [0.1, 0.15) is 11.4 Å². The number of rotatable bonds is 7. The molecule has 4 rings (SSSR count). The highest BCUT2D eigenvalue weighted by molar-refractivity contribution is 6.32. The maximum absolute atomic E-state index is 14.3. The molecular weight excluding hydrogens is 455 g/mol. The summed E-state index contributed by atoms with van der Waals surface area (Å²) in [6.07, 6.45) is 0. The molecule has 0 aliphatic carbocycles. The molecular formula is C22H20ClFN4O5. The van der Waals surface area contributed by atoms with Crippen LogP contribution >= 0.6 is 11.6 Å². The molecule has 0 saturated carbocycles. The number of nitrogens with one attached hydrogen (secondary N) is 1.